The Balaban J connectivity index is 1.40. The summed E-state index contributed by atoms with van der Waals surface area (Å²) < 4.78 is 18.5. The highest BCUT2D eigenvalue weighted by atomic mass is 19.1. The predicted molar refractivity (Wildman–Crippen MR) is 120 cm³/mol. The molecule has 5 nitrogen and oxygen atoms in total. The Labute approximate surface area is 189 Å². The molecular weight excluding hydrogens is 407 g/mol. The Hall–Kier alpha value is -2.73. The highest BCUT2D eigenvalue weighted by Gasteiger charge is 2.44. The zero-order valence-corrected chi connectivity index (χ0v) is 18.6. The number of rotatable bonds is 6. The van der Waals surface area contributed by atoms with E-state index in [1.807, 2.05) is 35.2 Å². The SMILES string of the molecule is CCOC(=O)C1CN(Cc2ccccc2)C[C@H]1C(=O)N1CCC(c2ccc(F)cc2)CC1. The minimum Gasteiger partial charge on any atom is -0.466 e. The number of nitrogens with zero attached hydrogens (tertiary/aromatic N) is 2. The fraction of sp³-hybridized carbons (Fsp3) is 0.462. The van der Waals surface area contributed by atoms with Gasteiger partial charge in [-0.1, -0.05) is 42.5 Å². The molecule has 2 aromatic carbocycles. The molecule has 0 saturated carbocycles. The first-order chi connectivity index (χ1) is 15.5. The van der Waals surface area contributed by atoms with E-state index in [0.29, 0.717) is 45.2 Å². The van der Waals surface area contributed by atoms with Crippen molar-refractivity contribution in [3.8, 4) is 0 Å². The molecule has 2 atom stereocenters. The van der Waals surface area contributed by atoms with Gasteiger partial charge in [-0.15, -0.1) is 0 Å². The molecule has 2 aliphatic heterocycles. The number of likely N-dealkylation sites (tertiary alicyclic amines) is 2. The van der Waals surface area contributed by atoms with Gasteiger partial charge in [-0.05, 0) is 48.9 Å². The van der Waals surface area contributed by atoms with E-state index in [1.54, 1.807) is 6.92 Å². The third-order valence-electron chi connectivity index (χ3n) is 6.70. The van der Waals surface area contributed by atoms with Crippen LogP contribution in [-0.4, -0.2) is 54.5 Å². The Morgan fingerprint density at radius 1 is 0.969 bits per heavy atom. The molecule has 0 radical (unpaired) electrons. The maximum atomic E-state index is 13.4. The summed E-state index contributed by atoms with van der Waals surface area (Å²) in [6.07, 6.45) is 1.70. The molecule has 2 aliphatic rings. The van der Waals surface area contributed by atoms with E-state index < -0.39 is 5.92 Å². The summed E-state index contributed by atoms with van der Waals surface area (Å²) in [6, 6.07) is 16.8. The molecule has 0 N–H and O–H groups in total. The Morgan fingerprint density at radius 2 is 1.62 bits per heavy atom. The number of piperidine rings is 1. The first kappa shape index (κ1) is 22.5. The summed E-state index contributed by atoms with van der Waals surface area (Å²) in [4.78, 5) is 30.2. The number of hydrogen-bond donors (Lipinski definition) is 0. The standard InChI is InChI=1S/C26H31FN2O3/c1-2-32-26(31)24-18-28(16-19-6-4-3-5-7-19)17-23(24)25(30)29-14-12-21(13-15-29)20-8-10-22(27)11-9-20/h3-11,21,23-24H,2,12-18H2,1H3/t23-,24?/m1/s1. The molecule has 0 aromatic heterocycles. The topological polar surface area (TPSA) is 49.9 Å². The number of benzene rings is 2. The highest BCUT2D eigenvalue weighted by Crippen LogP contribution is 2.32. The van der Waals surface area contributed by atoms with Gasteiger partial charge in [0.05, 0.1) is 18.4 Å². The maximum Gasteiger partial charge on any atom is 0.311 e. The highest BCUT2D eigenvalue weighted by molar-refractivity contribution is 5.86. The number of hydrogen-bond acceptors (Lipinski definition) is 4. The number of carbonyl (C=O) groups excluding carboxylic acids is 2. The molecule has 32 heavy (non-hydrogen) atoms. The van der Waals surface area contributed by atoms with Crippen molar-refractivity contribution in [2.24, 2.45) is 11.8 Å². The predicted octanol–water partition coefficient (Wildman–Crippen LogP) is 3.84. The number of amides is 1. The molecule has 2 fully saturated rings. The molecule has 1 unspecified atom stereocenters. The molecule has 170 valence electrons. The van der Waals surface area contributed by atoms with Crippen molar-refractivity contribution in [1.29, 1.82) is 0 Å². The molecule has 0 aliphatic carbocycles. The van der Waals surface area contributed by atoms with Crippen LogP contribution in [0.4, 0.5) is 4.39 Å². The molecule has 1 amide bonds. The van der Waals surface area contributed by atoms with Crippen molar-refractivity contribution in [2.75, 3.05) is 32.8 Å². The fourth-order valence-electron chi connectivity index (χ4n) is 5.00. The lowest BCUT2D eigenvalue weighted by atomic mass is 9.88. The summed E-state index contributed by atoms with van der Waals surface area (Å²) in [7, 11) is 0. The Morgan fingerprint density at radius 3 is 2.28 bits per heavy atom. The van der Waals surface area contributed by atoms with E-state index in [-0.39, 0.29) is 23.6 Å². The smallest absolute Gasteiger partial charge is 0.311 e. The van der Waals surface area contributed by atoms with E-state index in [2.05, 4.69) is 17.0 Å². The van der Waals surface area contributed by atoms with Crippen LogP contribution in [0.15, 0.2) is 54.6 Å². The zero-order valence-electron chi connectivity index (χ0n) is 18.6. The van der Waals surface area contributed by atoms with Gasteiger partial charge in [-0.2, -0.15) is 0 Å². The summed E-state index contributed by atoms with van der Waals surface area (Å²) >= 11 is 0. The van der Waals surface area contributed by atoms with Gasteiger partial charge in [-0.3, -0.25) is 14.5 Å². The van der Waals surface area contributed by atoms with E-state index in [0.717, 1.165) is 18.4 Å². The molecule has 2 heterocycles. The van der Waals surface area contributed by atoms with E-state index in [1.165, 1.54) is 17.7 Å². The van der Waals surface area contributed by atoms with Gasteiger partial charge in [0.2, 0.25) is 5.91 Å². The van der Waals surface area contributed by atoms with Crippen molar-refractivity contribution in [1.82, 2.24) is 9.80 Å². The van der Waals surface area contributed by atoms with Gasteiger partial charge in [-0.25, -0.2) is 4.39 Å². The summed E-state index contributed by atoms with van der Waals surface area (Å²) in [5.41, 5.74) is 2.29. The number of halogens is 1. The molecule has 0 spiro atoms. The second-order valence-corrected chi connectivity index (χ2v) is 8.80. The largest absolute Gasteiger partial charge is 0.466 e. The minimum atomic E-state index is -0.430. The van der Waals surface area contributed by atoms with Crippen LogP contribution in [-0.2, 0) is 20.9 Å². The lowest BCUT2D eigenvalue weighted by Crippen LogP contribution is -2.44. The fourth-order valence-corrected chi connectivity index (χ4v) is 5.00. The third kappa shape index (κ3) is 5.18. The van der Waals surface area contributed by atoms with Crippen LogP contribution in [0.1, 0.15) is 36.8 Å². The molecular formula is C26H31FN2O3. The average molecular weight is 439 g/mol. The molecule has 4 rings (SSSR count). The minimum absolute atomic E-state index is 0.0520. The van der Waals surface area contributed by atoms with Crippen LogP contribution in [0.3, 0.4) is 0 Å². The zero-order chi connectivity index (χ0) is 22.5. The second-order valence-electron chi connectivity index (χ2n) is 8.80. The van der Waals surface area contributed by atoms with Crippen LogP contribution in [0.5, 0.6) is 0 Å². The summed E-state index contributed by atoms with van der Waals surface area (Å²) in [5.74, 6) is -0.925. The maximum absolute atomic E-state index is 13.4. The summed E-state index contributed by atoms with van der Waals surface area (Å²) in [5, 5.41) is 0. The quantitative estimate of drug-likeness (QED) is 0.643. The first-order valence-corrected chi connectivity index (χ1v) is 11.5. The third-order valence-corrected chi connectivity index (χ3v) is 6.70. The molecule has 0 bridgehead atoms. The van der Waals surface area contributed by atoms with Crippen molar-refractivity contribution >= 4 is 11.9 Å². The van der Waals surface area contributed by atoms with E-state index in [9.17, 15) is 14.0 Å². The lowest BCUT2D eigenvalue weighted by molar-refractivity contribution is -0.153. The van der Waals surface area contributed by atoms with Gasteiger partial charge >= 0.3 is 5.97 Å². The van der Waals surface area contributed by atoms with Crippen molar-refractivity contribution in [3.05, 3.63) is 71.5 Å². The lowest BCUT2D eigenvalue weighted by Gasteiger charge is -2.34. The number of esters is 1. The van der Waals surface area contributed by atoms with Gasteiger partial charge in [0, 0.05) is 32.7 Å². The normalized spacial score (nSPS) is 22.1. The number of carbonyl (C=O) groups is 2. The van der Waals surface area contributed by atoms with Gasteiger partial charge in [0.1, 0.15) is 5.82 Å². The average Bonchev–Trinajstić information content (AvgIpc) is 3.24. The van der Waals surface area contributed by atoms with Gasteiger partial charge < -0.3 is 9.64 Å². The van der Waals surface area contributed by atoms with Crippen LogP contribution in [0.2, 0.25) is 0 Å². The van der Waals surface area contributed by atoms with Crippen LogP contribution >= 0.6 is 0 Å². The van der Waals surface area contributed by atoms with Crippen molar-refractivity contribution < 1.29 is 18.7 Å². The monoisotopic (exact) mass is 438 g/mol. The van der Waals surface area contributed by atoms with Crippen LogP contribution in [0.25, 0.3) is 0 Å². The van der Waals surface area contributed by atoms with Gasteiger partial charge in [0.15, 0.2) is 0 Å². The van der Waals surface area contributed by atoms with E-state index in [4.69, 9.17) is 4.74 Å². The number of ether oxygens (including phenoxy) is 1. The van der Waals surface area contributed by atoms with E-state index >= 15 is 0 Å². The second kappa shape index (κ2) is 10.3. The Bertz CT molecular complexity index is 910. The Kier molecular flexibility index (Phi) is 7.20. The first-order valence-electron chi connectivity index (χ1n) is 11.5. The molecule has 6 heteroatoms. The van der Waals surface area contributed by atoms with Crippen molar-refractivity contribution in [2.45, 2.75) is 32.2 Å². The summed E-state index contributed by atoms with van der Waals surface area (Å²) in [6.45, 7) is 5.25. The molecule has 2 aromatic rings. The van der Waals surface area contributed by atoms with Crippen LogP contribution in [0, 0.1) is 17.7 Å². The van der Waals surface area contributed by atoms with Crippen LogP contribution < -0.4 is 0 Å². The van der Waals surface area contributed by atoms with Gasteiger partial charge in [0.25, 0.3) is 0 Å². The van der Waals surface area contributed by atoms with Crippen molar-refractivity contribution in [3.63, 3.8) is 0 Å². The molecule has 2 saturated heterocycles.